The number of nitrogens with two attached hydrogens (primary N) is 1. The highest BCUT2D eigenvalue weighted by atomic mass is 32.1. The van der Waals surface area contributed by atoms with Crippen LogP contribution in [0.4, 0.5) is 0 Å². The van der Waals surface area contributed by atoms with E-state index in [0.717, 1.165) is 10.4 Å². The first kappa shape index (κ1) is 34.6. The van der Waals surface area contributed by atoms with Gasteiger partial charge in [-0.2, -0.15) is 0 Å². The van der Waals surface area contributed by atoms with Crippen molar-refractivity contribution in [1.82, 2.24) is 10.2 Å². The van der Waals surface area contributed by atoms with Gasteiger partial charge in [-0.25, -0.2) is 4.79 Å². The molecule has 2 rings (SSSR count). The standard InChI is InChI=1S/C31H47N3O5SSi/c1-22(26(28(36)38-8)34(7)29(37)31(6,21-35)33-27(40)23(2)32)19-20-39-41(30(3,4)5,24-15-11-9-12-16-24)25-17-13-10-14-18-25/h9-18,22-23,26,35H,19-21,32H2,1-8H3,(H,33,40)/t22-,23-,26-,31-/m0/s1. The van der Waals surface area contributed by atoms with Crippen LogP contribution in [-0.2, 0) is 18.8 Å². The highest BCUT2D eigenvalue weighted by Gasteiger charge is 2.50. The molecule has 0 aliphatic rings. The molecule has 4 N–H and O–H groups in total. The lowest BCUT2D eigenvalue weighted by Crippen LogP contribution is -2.66. The molecule has 4 atom stereocenters. The van der Waals surface area contributed by atoms with Gasteiger partial charge in [0.15, 0.2) is 0 Å². The van der Waals surface area contributed by atoms with Crippen LogP contribution < -0.4 is 21.4 Å². The zero-order valence-electron chi connectivity index (χ0n) is 25.6. The van der Waals surface area contributed by atoms with Crippen molar-refractivity contribution >= 4 is 47.8 Å². The number of esters is 1. The Kier molecular flexibility index (Phi) is 12.2. The minimum Gasteiger partial charge on any atom is -0.467 e. The van der Waals surface area contributed by atoms with Crippen LogP contribution in [0.5, 0.6) is 0 Å². The molecule has 10 heteroatoms. The number of amides is 1. The highest BCUT2D eigenvalue weighted by Crippen LogP contribution is 2.37. The molecule has 0 unspecified atom stereocenters. The van der Waals surface area contributed by atoms with Crippen LogP contribution >= 0.6 is 12.2 Å². The molecule has 0 spiro atoms. The van der Waals surface area contributed by atoms with E-state index in [1.807, 2.05) is 43.3 Å². The van der Waals surface area contributed by atoms with Gasteiger partial charge in [-0.3, -0.25) is 4.79 Å². The Balaban J connectivity index is 2.38. The normalized spacial score (nSPS) is 15.7. The molecule has 2 aromatic rings. The molecule has 0 saturated heterocycles. The van der Waals surface area contributed by atoms with Gasteiger partial charge in [0, 0.05) is 13.7 Å². The molecule has 0 aliphatic carbocycles. The lowest BCUT2D eigenvalue weighted by Gasteiger charge is -2.43. The smallest absolute Gasteiger partial charge is 0.328 e. The summed E-state index contributed by atoms with van der Waals surface area (Å²) in [4.78, 5) is 28.2. The number of rotatable bonds is 13. The van der Waals surface area contributed by atoms with Crippen molar-refractivity contribution in [3.63, 3.8) is 0 Å². The Bertz CT molecular complexity index is 1120. The van der Waals surface area contributed by atoms with Gasteiger partial charge >= 0.3 is 5.97 Å². The van der Waals surface area contributed by atoms with Crippen molar-refractivity contribution in [2.45, 2.75) is 70.6 Å². The van der Waals surface area contributed by atoms with Crippen molar-refractivity contribution in [2.75, 3.05) is 27.4 Å². The van der Waals surface area contributed by atoms with Crippen molar-refractivity contribution in [3.8, 4) is 0 Å². The van der Waals surface area contributed by atoms with Gasteiger partial charge in [0.2, 0.25) is 0 Å². The van der Waals surface area contributed by atoms with Crippen molar-refractivity contribution < 1.29 is 23.9 Å². The lowest BCUT2D eigenvalue weighted by molar-refractivity contribution is -0.156. The maximum Gasteiger partial charge on any atom is 0.328 e. The Morgan fingerprint density at radius 2 is 1.51 bits per heavy atom. The number of hydrogen-bond acceptors (Lipinski definition) is 7. The largest absolute Gasteiger partial charge is 0.467 e. The molecule has 0 heterocycles. The first-order chi connectivity index (χ1) is 19.2. The average Bonchev–Trinajstić information content (AvgIpc) is 2.94. The minimum absolute atomic E-state index is 0.194. The Morgan fingerprint density at radius 3 is 1.90 bits per heavy atom. The molecular weight excluding hydrogens is 555 g/mol. The average molecular weight is 602 g/mol. The third kappa shape index (κ3) is 7.81. The van der Waals surface area contributed by atoms with E-state index in [2.05, 4.69) is 50.4 Å². The molecule has 0 fully saturated rings. The molecular formula is C31H47N3O5SSi. The molecule has 41 heavy (non-hydrogen) atoms. The van der Waals surface area contributed by atoms with Gasteiger partial charge in [0.25, 0.3) is 14.2 Å². The second kappa shape index (κ2) is 14.5. The van der Waals surface area contributed by atoms with E-state index in [-0.39, 0.29) is 15.9 Å². The summed E-state index contributed by atoms with van der Waals surface area (Å²) in [6.45, 7) is 11.6. The predicted molar refractivity (Wildman–Crippen MR) is 171 cm³/mol. The monoisotopic (exact) mass is 601 g/mol. The van der Waals surface area contributed by atoms with E-state index in [1.165, 1.54) is 26.0 Å². The van der Waals surface area contributed by atoms with Crippen LogP contribution in [0.15, 0.2) is 60.7 Å². The van der Waals surface area contributed by atoms with E-state index >= 15 is 0 Å². The number of hydrogen-bond donors (Lipinski definition) is 3. The fourth-order valence-corrected chi connectivity index (χ4v) is 10.1. The van der Waals surface area contributed by atoms with Crippen LogP contribution in [-0.4, -0.2) is 80.2 Å². The van der Waals surface area contributed by atoms with E-state index in [4.69, 9.17) is 27.1 Å². The number of methoxy groups -OCH3 is 1. The van der Waals surface area contributed by atoms with Crippen molar-refractivity contribution in [2.24, 2.45) is 11.7 Å². The van der Waals surface area contributed by atoms with Crippen LogP contribution in [0.3, 0.4) is 0 Å². The summed E-state index contributed by atoms with van der Waals surface area (Å²) in [6, 6.07) is 19.3. The van der Waals surface area contributed by atoms with E-state index in [9.17, 15) is 14.7 Å². The van der Waals surface area contributed by atoms with Crippen LogP contribution in [0.2, 0.25) is 5.04 Å². The minimum atomic E-state index is -2.77. The Morgan fingerprint density at radius 1 is 1.02 bits per heavy atom. The number of carbonyl (C=O) groups is 2. The number of thiocarbonyl (C=S) groups is 1. The summed E-state index contributed by atoms with van der Waals surface area (Å²) in [5.74, 6) is -1.37. The third-order valence-corrected chi connectivity index (χ3v) is 13.1. The van der Waals surface area contributed by atoms with Gasteiger partial charge in [0.1, 0.15) is 11.6 Å². The van der Waals surface area contributed by atoms with Crippen LogP contribution in [0.25, 0.3) is 0 Å². The summed E-state index contributed by atoms with van der Waals surface area (Å²) in [5.41, 5.74) is 4.40. The zero-order valence-corrected chi connectivity index (χ0v) is 27.5. The van der Waals surface area contributed by atoms with Crippen LogP contribution in [0, 0.1) is 5.92 Å². The molecule has 0 bridgehead atoms. The number of nitrogens with zero attached hydrogens (tertiary/aromatic N) is 1. The summed E-state index contributed by atoms with van der Waals surface area (Å²) in [6.07, 6.45) is 0.489. The van der Waals surface area contributed by atoms with E-state index in [1.54, 1.807) is 6.92 Å². The summed E-state index contributed by atoms with van der Waals surface area (Å²) in [5, 5.41) is 15.2. The first-order valence-corrected chi connectivity index (χ1v) is 16.3. The second-order valence-electron chi connectivity index (χ2n) is 11.9. The molecule has 226 valence electrons. The van der Waals surface area contributed by atoms with Gasteiger partial charge in [-0.15, -0.1) is 0 Å². The van der Waals surface area contributed by atoms with Gasteiger partial charge < -0.3 is 30.2 Å². The molecule has 0 aromatic heterocycles. The quantitative estimate of drug-likeness (QED) is 0.182. The van der Waals surface area contributed by atoms with Gasteiger partial charge in [-0.05, 0) is 41.6 Å². The maximum absolute atomic E-state index is 13.6. The van der Waals surface area contributed by atoms with E-state index in [0.29, 0.717) is 13.0 Å². The molecule has 8 nitrogen and oxygen atoms in total. The van der Waals surface area contributed by atoms with Gasteiger partial charge in [0.05, 0.1) is 24.7 Å². The van der Waals surface area contributed by atoms with E-state index < -0.39 is 44.4 Å². The number of aliphatic hydroxyl groups excluding tert-OH is 1. The molecule has 0 radical (unpaired) electrons. The number of benzene rings is 2. The lowest BCUT2D eigenvalue weighted by atomic mass is 9.94. The predicted octanol–water partition coefficient (Wildman–Crippen LogP) is 2.60. The number of carbonyl (C=O) groups excluding carboxylic acids is 2. The fraction of sp³-hybridized carbons (Fsp3) is 0.516. The summed E-state index contributed by atoms with van der Waals surface area (Å²) < 4.78 is 12.1. The number of likely N-dealkylation sites (N-methyl/N-ethyl adjacent to an activating group) is 1. The summed E-state index contributed by atoms with van der Waals surface area (Å²) >= 11 is 5.27. The third-order valence-electron chi connectivity index (χ3n) is 7.63. The molecule has 1 amide bonds. The molecule has 0 saturated carbocycles. The maximum atomic E-state index is 13.6. The van der Waals surface area contributed by atoms with Crippen molar-refractivity contribution in [1.29, 1.82) is 0 Å². The van der Waals surface area contributed by atoms with Crippen LogP contribution in [0.1, 0.15) is 48.0 Å². The topological polar surface area (TPSA) is 114 Å². The SMILES string of the molecule is COC(=O)[C@H]([C@@H](C)CCO[Si](c1ccccc1)(c1ccccc1)C(C)(C)C)N(C)C(=O)[C@](C)(CO)NC(=S)[C@H](C)N. The first-order valence-electron chi connectivity index (χ1n) is 13.9. The number of nitrogens with one attached hydrogen (secondary N) is 1. The second-order valence-corrected chi connectivity index (χ2v) is 16.7. The molecule has 0 aliphatic heterocycles. The zero-order chi connectivity index (χ0) is 31.0. The highest BCUT2D eigenvalue weighted by molar-refractivity contribution is 7.80. The number of ether oxygens (including phenoxy) is 1. The number of aliphatic hydroxyl groups is 1. The Labute approximate surface area is 251 Å². The van der Waals surface area contributed by atoms with Gasteiger partial charge in [-0.1, -0.05) is 101 Å². The fourth-order valence-electron chi connectivity index (χ4n) is 5.27. The molecule has 2 aromatic carbocycles. The summed E-state index contributed by atoms with van der Waals surface area (Å²) in [7, 11) is 0.0689. The van der Waals surface area contributed by atoms with Crippen molar-refractivity contribution in [3.05, 3.63) is 60.7 Å². The Hall–Kier alpha value is -2.63.